The number of nitrogens with one attached hydrogen (secondary N) is 2. The van der Waals surface area contributed by atoms with Crippen molar-refractivity contribution in [3.8, 4) is 5.75 Å². The van der Waals surface area contributed by atoms with Crippen molar-refractivity contribution in [3.63, 3.8) is 0 Å². The van der Waals surface area contributed by atoms with Crippen molar-refractivity contribution < 1.29 is 4.74 Å². The van der Waals surface area contributed by atoms with Gasteiger partial charge in [0.2, 0.25) is 0 Å². The maximum absolute atomic E-state index is 5.20. The van der Waals surface area contributed by atoms with Gasteiger partial charge in [-0.3, -0.25) is 0 Å². The smallest absolute Gasteiger partial charge is 0.120 e. The lowest BCUT2D eigenvalue weighted by molar-refractivity contribution is 0.415. The average molecular weight is 206 g/mol. The molecular weight excluding hydrogens is 188 g/mol. The van der Waals surface area contributed by atoms with Crippen LogP contribution in [0.3, 0.4) is 0 Å². The van der Waals surface area contributed by atoms with Gasteiger partial charge in [0.25, 0.3) is 0 Å². The van der Waals surface area contributed by atoms with Gasteiger partial charge in [-0.2, -0.15) is 0 Å². The molecule has 0 bridgehead atoms. The Morgan fingerprint density at radius 1 is 1.53 bits per heavy atom. The van der Waals surface area contributed by atoms with Gasteiger partial charge in [0.1, 0.15) is 5.75 Å². The monoisotopic (exact) mass is 206 g/mol. The first-order valence-corrected chi connectivity index (χ1v) is 5.41. The van der Waals surface area contributed by atoms with Crippen molar-refractivity contribution >= 4 is 5.69 Å². The Kier molecular flexibility index (Phi) is 3.11. The molecule has 82 valence electrons. The van der Waals surface area contributed by atoms with Gasteiger partial charge in [-0.25, -0.2) is 0 Å². The van der Waals surface area contributed by atoms with E-state index >= 15 is 0 Å². The maximum Gasteiger partial charge on any atom is 0.120 e. The van der Waals surface area contributed by atoms with Crippen LogP contribution in [0.25, 0.3) is 0 Å². The van der Waals surface area contributed by atoms with E-state index in [4.69, 9.17) is 4.74 Å². The third kappa shape index (κ3) is 2.07. The molecule has 0 saturated carbocycles. The first-order chi connectivity index (χ1) is 7.35. The van der Waals surface area contributed by atoms with E-state index in [0.29, 0.717) is 5.92 Å². The summed E-state index contributed by atoms with van der Waals surface area (Å²) in [6.45, 7) is 2.11. The van der Waals surface area contributed by atoms with Crippen LogP contribution in [0.15, 0.2) is 18.2 Å². The predicted octanol–water partition coefficient (Wildman–Crippen LogP) is 1.81. The fraction of sp³-hybridized carbons (Fsp3) is 0.500. The second kappa shape index (κ2) is 4.53. The number of fused-ring (bicyclic) bond motifs is 1. The van der Waals surface area contributed by atoms with Gasteiger partial charge in [0.15, 0.2) is 0 Å². The van der Waals surface area contributed by atoms with E-state index in [-0.39, 0.29) is 0 Å². The molecule has 0 aliphatic carbocycles. The van der Waals surface area contributed by atoms with Crippen LogP contribution in [-0.4, -0.2) is 27.2 Å². The third-order valence-electron chi connectivity index (χ3n) is 2.98. The van der Waals surface area contributed by atoms with Crippen LogP contribution in [0.2, 0.25) is 0 Å². The van der Waals surface area contributed by atoms with Crippen molar-refractivity contribution in [2.75, 3.05) is 32.6 Å². The van der Waals surface area contributed by atoms with Crippen molar-refractivity contribution in [2.24, 2.45) is 0 Å². The molecule has 1 aliphatic rings. The molecule has 1 heterocycles. The minimum atomic E-state index is 0.637. The van der Waals surface area contributed by atoms with Crippen molar-refractivity contribution in [1.82, 2.24) is 5.32 Å². The van der Waals surface area contributed by atoms with Gasteiger partial charge >= 0.3 is 0 Å². The molecule has 3 nitrogen and oxygen atoms in total. The molecule has 1 atom stereocenters. The highest BCUT2D eigenvalue weighted by Gasteiger charge is 2.21. The number of ether oxygens (including phenoxy) is 1. The molecule has 0 amide bonds. The normalized spacial score (nSPS) is 18.4. The van der Waals surface area contributed by atoms with Crippen LogP contribution in [0.1, 0.15) is 17.9 Å². The van der Waals surface area contributed by atoms with Crippen molar-refractivity contribution in [2.45, 2.75) is 12.3 Å². The Morgan fingerprint density at radius 3 is 3.13 bits per heavy atom. The number of hydrogen-bond donors (Lipinski definition) is 2. The molecule has 2 rings (SSSR count). The van der Waals surface area contributed by atoms with Gasteiger partial charge in [0, 0.05) is 24.2 Å². The Hall–Kier alpha value is -1.22. The SMILES string of the molecule is CNCC[C@@H]1CNc2cc(OC)ccc21. The molecule has 1 aromatic carbocycles. The lowest BCUT2D eigenvalue weighted by Crippen LogP contribution is -2.13. The molecule has 2 N–H and O–H groups in total. The van der Waals surface area contributed by atoms with Crippen LogP contribution < -0.4 is 15.4 Å². The summed E-state index contributed by atoms with van der Waals surface area (Å²) < 4.78 is 5.20. The number of hydrogen-bond acceptors (Lipinski definition) is 3. The van der Waals surface area contributed by atoms with Gasteiger partial charge in [0.05, 0.1) is 7.11 Å². The van der Waals surface area contributed by atoms with E-state index in [9.17, 15) is 0 Å². The van der Waals surface area contributed by atoms with E-state index in [2.05, 4.69) is 22.8 Å². The second-order valence-corrected chi connectivity index (χ2v) is 3.92. The zero-order chi connectivity index (χ0) is 10.7. The summed E-state index contributed by atoms with van der Waals surface area (Å²) >= 11 is 0. The first-order valence-electron chi connectivity index (χ1n) is 5.41. The highest BCUT2D eigenvalue weighted by molar-refractivity contribution is 5.60. The summed E-state index contributed by atoms with van der Waals surface area (Å²) in [6, 6.07) is 6.29. The standard InChI is InChI=1S/C12H18N2O/c1-13-6-5-9-8-14-12-7-10(15-2)3-4-11(9)12/h3-4,7,9,13-14H,5-6,8H2,1-2H3/t9-/m1/s1. The molecule has 0 radical (unpaired) electrons. The Morgan fingerprint density at radius 2 is 2.40 bits per heavy atom. The van der Waals surface area contributed by atoms with Crippen molar-refractivity contribution in [1.29, 1.82) is 0 Å². The molecule has 0 saturated heterocycles. The Bertz CT molecular complexity index is 338. The lowest BCUT2D eigenvalue weighted by atomic mass is 9.98. The summed E-state index contributed by atoms with van der Waals surface area (Å²) in [5.41, 5.74) is 2.65. The molecule has 0 unspecified atom stereocenters. The van der Waals surface area contributed by atoms with Gasteiger partial charge in [-0.15, -0.1) is 0 Å². The topological polar surface area (TPSA) is 33.3 Å². The minimum absolute atomic E-state index is 0.637. The molecule has 0 fully saturated rings. The average Bonchev–Trinajstić information content (AvgIpc) is 2.68. The van der Waals surface area contributed by atoms with Crippen LogP contribution in [0.5, 0.6) is 5.75 Å². The second-order valence-electron chi connectivity index (χ2n) is 3.92. The van der Waals surface area contributed by atoms with Gasteiger partial charge in [-0.05, 0) is 31.6 Å². The molecular formula is C12H18N2O. The van der Waals surface area contributed by atoms with E-state index in [1.165, 1.54) is 17.7 Å². The molecule has 1 aliphatic heterocycles. The van der Waals surface area contributed by atoms with Crippen LogP contribution >= 0.6 is 0 Å². The number of methoxy groups -OCH3 is 1. The maximum atomic E-state index is 5.20. The van der Waals surface area contributed by atoms with Crippen molar-refractivity contribution in [3.05, 3.63) is 23.8 Å². The minimum Gasteiger partial charge on any atom is -0.497 e. The zero-order valence-electron chi connectivity index (χ0n) is 9.34. The molecule has 3 heteroatoms. The van der Waals surface area contributed by atoms with Gasteiger partial charge < -0.3 is 15.4 Å². The highest BCUT2D eigenvalue weighted by atomic mass is 16.5. The van der Waals surface area contributed by atoms with E-state index in [1.807, 2.05) is 13.1 Å². The van der Waals surface area contributed by atoms with Crippen LogP contribution in [0.4, 0.5) is 5.69 Å². The first kappa shape index (κ1) is 10.3. The fourth-order valence-corrected chi connectivity index (χ4v) is 2.09. The molecule has 1 aromatic rings. The quantitative estimate of drug-likeness (QED) is 0.788. The van der Waals surface area contributed by atoms with Gasteiger partial charge in [-0.1, -0.05) is 6.07 Å². The summed E-state index contributed by atoms with van der Waals surface area (Å²) in [5, 5.41) is 6.62. The predicted molar refractivity (Wildman–Crippen MR) is 62.8 cm³/mol. The largest absolute Gasteiger partial charge is 0.497 e. The lowest BCUT2D eigenvalue weighted by Gasteiger charge is -2.09. The summed E-state index contributed by atoms with van der Waals surface area (Å²) in [6.07, 6.45) is 1.18. The highest BCUT2D eigenvalue weighted by Crippen LogP contribution is 2.35. The fourth-order valence-electron chi connectivity index (χ4n) is 2.09. The van der Waals surface area contributed by atoms with E-state index in [1.54, 1.807) is 7.11 Å². The molecule has 0 aromatic heterocycles. The van der Waals surface area contributed by atoms with E-state index < -0.39 is 0 Å². The van der Waals surface area contributed by atoms with E-state index in [0.717, 1.165) is 18.8 Å². The summed E-state index contributed by atoms with van der Waals surface area (Å²) in [7, 11) is 3.70. The number of anilines is 1. The summed E-state index contributed by atoms with van der Waals surface area (Å²) in [5.74, 6) is 1.56. The zero-order valence-corrected chi connectivity index (χ0v) is 9.34. The Balaban J connectivity index is 2.13. The summed E-state index contributed by atoms with van der Waals surface area (Å²) in [4.78, 5) is 0. The molecule has 0 spiro atoms. The number of benzene rings is 1. The van der Waals surface area contributed by atoms with Crippen LogP contribution in [-0.2, 0) is 0 Å². The molecule has 15 heavy (non-hydrogen) atoms. The van der Waals surface area contributed by atoms with Crippen LogP contribution in [0, 0.1) is 0 Å². The Labute approximate surface area is 90.8 Å². The third-order valence-corrected chi connectivity index (χ3v) is 2.98. The number of rotatable bonds is 4.